The number of hydrogen-bond acceptors (Lipinski definition) is 4. The van der Waals surface area contributed by atoms with Crippen LogP contribution >= 0.6 is 23.2 Å². The standard InChI is InChI=1S/C10H10Cl2N4O2/c1-18-5-2-4(3-5)16-8-6(13-10(16)17)7(11)14-9(12)15-8/h4-5H,2-3H2,1H3,(H,13,17). The van der Waals surface area contributed by atoms with Crippen LogP contribution in [-0.2, 0) is 4.74 Å². The average molecular weight is 289 g/mol. The highest BCUT2D eigenvalue weighted by molar-refractivity contribution is 6.35. The summed E-state index contributed by atoms with van der Waals surface area (Å²) in [6, 6.07) is 0.0678. The molecule has 1 N–H and O–H groups in total. The second-order valence-electron chi connectivity index (χ2n) is 4.27. The van der Waals surface area contributed by atoms with Crippen LogP contribution in [0.15, 0.2) is 4.79 Å². The van der Waals surface area contributed by atoms with Crippen LogP contribution in [0.2, 0.25) is 10.4 Å². The summed E-state index contributed by atoms with van der Waals surface area (Å²) in [7, 11) is 1.66. The first kappa shape index (κ1) is 12.0. The second-order valence-corrected chi connectivity index (χ2v) is 4.96. The van der Waals surface area contributed by atoms with Gasteiger partial charge in [-0.3, -0.25) is 4.57 Å². The summed E-state index contributed by atoms with van der Waals surface area (Å²) in [6.07, 6.45) is 1.75. The number of nitrogens with one attached hydrogen (secondary N) is 1. The predicted octanol–water partition coefficient (Wildman–Crippen LogP) is 1.78. The van der Waals surface area contributed by atoms with E-state index in [0.29, 0.717) is 11.2 Å². The molecule has 1 fully saturated rings. The summed E-state index contributed by atoms with van der Waals surface area (Å²) in [5.74, 6) is 0. The van der Waals surface area contributed by atoms with Crippen LogP contribution in [0.3, 0.4) is 0 Å². The molecule has 1 aliphatic carbocycles. The third-order valence-corrected chi connectivity index (χ3v) is 3.71. The normalized spacial score (nSPS) is 23.3. The van der Waals surface area contributed by atoms with Crippen LogP contribution in [0.5, 0.6) is 0 Å². The van der Waals surface area contributed by atoms with Crippen molar-refractivity contribution in [1.29, 1.82) is 0 Å². The summed E-state index contributed by atoms with van der Waals surface area (Å²) in [6.45, 7) is 0. The van der Waals surface area contributed by atoms with Crippen molar-refractivity contribution in [3.63, 3.8) is 0 Å². The minimum absolute atomic E-state index is 0.0304. The molecule has 96 valence electrons. The van der Waals surface area contributed by atoms with Crippen LogP contribution in [-0.4, -0.2) is 32.7 Å². The molecule has 0 atom stereocenters. The van der Waals surface area contributed by atoms with Gasteiger partial charge in [-0.05, 0) is 24.4 Å². The van der Waals surface area contributed by atoms with Crippen LogP contribution in [0.25, 0.3) is 11.2 Å². The smallest absolute Gasteiger partial charge is 0.328 e. The molecule has 0 aliphatic heterocycles. The van der Waals surface area contributed by atoms with Gasteiger partial charge in [0.05, 0.1) is 6.10 Å². The lowest BCUT2D eigenvalue weighted by Crippen LogP contribution is -2.36. The Balaban J connectivity index is 2.12. The van der Waals surface area contributed by atoms with Crippen molar-refractivity contribution >= 4 is 34.4 Å². The summed E-state index contributed by atoms with van der Waals surface area (Å²) in [5.41, 5.74) is 0.625. The maximum absolute atomic E-state index is 11.9. The van der Waals surface area contributed by atoms with Gasteiger partial charge >= 0.3 is 5.69 Å². The van der Waals surface area contributed by atoms with Crippen LogP contribution in [0, 0.1) is 0 Å². The van der Waals surface area contributed by atoms with Crippen molar-refractivity contribution in [3.05, 3.63) is 20.9 Å². The third-order valence-electron chi connectivity index (χ3n) is 3.27. The highest BCUT2D eigenvalue weighted by Gasteiger charge is 2.33. The lowest BCUT2D eigenvalue weighted by atomic mass is 9.89. The van der Waals surface area contributed by atoms with E-state index in [0.717, 1.165) is 12.8 Å². The van der Waals surface area contributed by atoms with E-state index < -0.39 is 0 Å². The van der Waals surface area contributed by atoms with Gasteiger partial charge in [-0.25, -0.2) is 9.78 Å². The molecule has 2 aromatic heterocycles. The minimum atomic E-state index is -0.247. The molecule has 0 aromatic carbocycles. The molecule has 0 saturated heterocycles. The molecule has 8 heteroatoms. The minimum Gasteiger partial charge on any atom is -0.381 e. The molecule has 3 rings (SSSR count). The van der Waals surface area contributed by atoms with Gasteiger partial charge in [0.2, 0.25) is 5.28 Å². The zero-order valence-corrected chi connectivity index (χ0v) is 11.0. The van der Waals surface area contributed by atoms with Crippen molar-refractivity contribution in [1.82, 2.24) is 19.5 Å². The third kappa shape index (κ3) is 1.72. The molecule has 0 amide bonds. The van der Waals surface area contributed by atoms with E-state index >= 15 is 0 Å². The van der Waals surface area contributed by atoms with Crippen LogP contribution < -0.4 is 5.69 Å². The van der Waals surface area contributed by atoms with Crippen LogP contribution in [0.1, 0.15) is 18.9 Å². The highest BCUT2D eigenvalue weighted by Crippen LogP contribution is 2.35. The fourth-order valence-corrected chi connectivity index (χ4v) is 2.64. The molecular weight excluding hydrogens is 279 g/mol. The van der Waals surface area contributed by atoms with Gasteiger partial charge in [-0.1, -0.05) is 11.6 Å². The number of methoxy groups -OCH3 is 1. The molecule has 18 heavy (non-hydrogen) atoms. The molecule has 0 unspecified atom stereocenters. The molecule has 1 saturated carbocycles. The van der Waals surface area contributed by atoms with E-state index in [9.17, 15) is 4.79 Å². The molecule has 6 nitrogen and oxygen atoms in total. The number of ether oxygens (including phenoxy) is 1. The van der Waals surface area contributed by atoms with E-state index in [4.69, 9.17) is 27.9 Å². The Hall–Kier alpha value is -1.11. The Bertz CT molecular complexity index is 660. The number of nitrogens with zero attached hydrogens (tertiary/aromatic N) is 3. The first-order chi connectivity index (χ1) is 8.60. The van der Waals surface area contributed by atoms with Gasteiger partial charge in [0.1, 0.15) is 5.52 Å². The highest BCUT2D eigenvalue weighted by atomic mass is 35.5. The van der Waals surface area contributed by atoms with Crippen molar-refractivity contribution in [2.45, 2.75) is 25.0 Å². The first-order valence-corrected chi connectivity index (χ1v) is 6.21. The van der Waals surface area contributed by atoms with Crippen molar-refractivity contribution in [3.8, 4) is 0 Å². The molecule has 0 bridgehead atoms. The van der Waals surface area contributed by atoms with Crippen molar-refractivity contribution in [2.75, 3.05) is 7.11 Å². The van der Waals surface area contributed by atoms with Crippen LogP contribution in [0.4, 0.5) is 0 Å². The SMILES string of the molecule is COC1CC(n2c(=O)[nH]c3c(Cl)nc(Cl)nc32)C1. The Morgan fingerprint density at radius 3 is 2.78 bits per heavy atom. The number of imidazole rings is 1. The Labute approximate surface area is 112 Å². The summed E-state index contributed by atoms with van der Waals surface area (Å²) >= 11 is 11.7. The number of halogens is 2. The zero-order valence-electron chi connectivity index (χ0n) is 9.48. The van der Waals surface area contributed by atoms with Crippen molar-refractivity contribution < 1.29 is 4.74 Å². The summed E-state index contributed by atoms with van der Waals surface area (Å²) < 4.78 is 6.78. The van der Waals surface area contributed by atoms with Gasteiger partial charge in [-0.15, -0.1) is 0 Å². The number of aromatic nitrogens is 4. The van der Waals surface area contributed by atoms with Gasteiger partial charge in [-0.2, -0.15) is 4.98 Å². The van der Waals surface area contributed by atoms with Gasteiger partial charge in [0.25, 0.3) is 0 Å². The largest absolute Gasteiger partial charge is 0.381 e. The number of fused-ring (bicyclic) bond motifs is 1. The number of hydrogen-bond donors (Lipinski definition) is 1. The molecule has 2 heterocycles. The van der Waals surface area contributed by atoms with E-state index in [1.807, 2.05) is 0 Å². The van der Waals surface area contributed by atoms with Gasteiger partial charge in [0, 0.05) is 13.2 Å². The zero-order chi connectivity index (χ0) is 12.9. The maximum Gasteiger partial charge on any atom is 0.328 e. The number of aromatic amines is 1. The van der Waals surface area contributed by atoms with E-state index in [2.05, 4.69) is 15.0 Å². The summed E-state index contributed by atoms with van der Waals surface area (Å²) in [5, 5.41) is 0.186. The molecular formula is C10H10Cl2N4O2. The van der Waals surface area contributed by atoms with E-state index in [1.165, 1.54) is 0 Å². The molecule has 2 aromatic rings. The average Bonchev–Trinajstić information content (AvgIpc) is 2.56. The van der Waals surface area contributed by atoms with Gasteiger partial charge in [0.15, 0.2) is 10.8 Å². The Morgan fingerprint density at radius 1 is 1.39 bits per heavy atom. The topological polar surface area (TPSA) is 72.8 Å². The Kier molecular flexibility index (Phi) is 2.80. The summed E-state index contributed by atoms with van der Waals surface area (Å²) in [4.78, 5) is 22.5. The number of rotatable bonds is 2. The van der Waals surface area contributed by atoms with Gasteiger partial charge < -0.3 is 9.72 Å². The number of H-pyrrole nitrogens is 1. The predicted molar refractivity (Wildman–Crippen MR) is 67.2 cm³/mol. The Morgan fingerprint density at radius 2 is 2.11 bits per heavy atom. The lowest BCUT2D eigenvalue weighted by molar-refractivity contribution is 0.00634. The maximum atomic E-state index is 11.9. The lowest BCUT2D eigenvalue weighted by Gasteiger charge is -2.34. The van der Waals surface area contributed by atoms with E-state index in [-0.39, 0.29) is 28.3 Å². The fourth-order valence-electron chi connectivity index (χ4n) is 2.22. The fraction of sp³-hybridized carbons (Fsp3) is 0.500. The molecule has 0 spiro atoms. The first-order valence-electron chi connectivity index (χ1n) is 5.46. The monoisotopic (exact) mass is 288 g/mol. The molecule has 0 radical (unpaired) electrons. The molecule has 1 aliphatic rings. The second kappa shape index (κ2) is 4.22. The quantitative estimate of drug-likeness (QED) is 0.675. The van der Waals surface area contributed by atoms with Crippen molar-refractivity contribution in [2.24, 2.45) is 0 Å². The van der Waals surface area contributed by atoms with E-state index in [1.54, 1.807) is 11.7 Å².